The third kappa shape index (κ3) is 3.52. The monoisotopic (exact) mass is 377 g/mol. The first kappa shape index (κ1) is 17.9. The van der Waals surface area contributed by atoms with Crippen molar-refractivity contribution in [2.75, 3.05) is 36.5 Å². The second-order valence-electron chi connectivity index (χ2n) is 6.54. The van der Waals surface area contributed by atoms with Gasteiger partial charge in [0.2, 0.25) is 0 Å². The van der Waals surface area contributed by atoms with E-state index in [-0.39, 0.29) is 11.6 Å². The van der Waals surface area contributed by atoms with Gasteiger partial charge in [-0.15, -0.1) is 0 Å². The minimum Gasteiger partial charge on any atom is -0.378 e. The fraction of sp³-hybridized carbons (Fsp3) is 0.190. The number of anilines is 2. The molecular formula is C21H19N3O4. The molecule has 1 amide bonds. The highest BCUT2D eigenvalue weighted by Gasteiger charge is 2.20. The largest absolute Gasteiger partial charge is 0.378 e. The van der Waals surface area contributed by atoms with Crippen molar-refractivity contribution in [3.05, 3.63) is 76.3 Å². The molecule has 0 unspecified atom stereocenters. The molecule has 1 aliphatic heterocycles. The van der Waals surface area contributed by atoms with Crippen molar-refractivity contribution in [2.24, 2.45) is 0 Å². The normalized spacial score (nSPS) is 14.1. The fourth-order valence-electron chi connectivity index (χ4n) is 3.42. The molecule has 3 aromatic rings. The average molecular weight is 377 g/mol. The molecule has 1 heterocycles. The second kappa shape index (κ2) is 7.66. The van der Waals surface area contributed by atoms with Crippen molar-refractivity contribution in [2.45, 2.75) is 0 Å². The number of hydrogen-bond donors (Lipinski definition) is 1. The summed E-state index contributed by atoms with van der Waals surface area (Å²) in [6, 6.07) is 17.8. The standard InChI is InChI=1S/C21H19N3O4/c25-21(18-7-3-5-15-4-1-2-6-17(15)18)22-19-9-8-16(24(26)27)14-20(19)23-10-12-28-13-11-23/h1-9,14H,10-13H2,(H,22,25). The van der Waals surface area contributed by atoms with Crippen LogP contribution in [-0.4, -0.2) is 37.1 Å². The summed E-state index contributed by atoms with van der Waals surface area (Å²) in [5.74, 6) is -0.250. The van der Waals surface area contributed by atoms with Crippen LogP contribution in [0.1, 0.15) is 10.4 Å². The fourth-order valence-corrected chi connectivity index (χ4v) is 3.42. The zero-order chi connectivity index (χ0) is 19.5. The van der Waals surface area contributed by atoms with E-state index in [1.54, 1.807) is 12.1 Å². The van der Waals surface area contributed by atoms with E-state index in [4.69, 9.17) is 4.74 Å². The van der Waals surface area contributed by atoms with Gasteiger partial charge in [0.15, 0.2) is 0 Å². The minimum atomic E-state index is -0.430. The quantitative estimate of drug-likeness (QED) is 0.552. The van der Waals surface area contributed by atoms with Crippen LogP contribution < -0.4 is 10.2 Å². The number of benzene rings is 3. The third-order valence-corrected chi connectivity index (χ3v) is 4.83. The summed E-state index contributed by atoms with van der Waals surface area (Å²) in [7, 11) is 0. The predicted octanol–water partition coefficient (Wildman–Crippen LogP) is 3.84. The molecule has 1 saturated heterocycles. The Balaban J connectivity index is 1.70. The van der Waals surface area contributed by atoms with E-state index >= 15 is 0 Å². The van der Waals surface area contributed by atoms with Crippen molar-refractivity contribution >= 4 is 33.7 Å². The highest BCUT2D eigenvalue weighted by Crippen LogP contribution is 2.32. The lowest BCUT2D eigenvalue weighted by atomic mass is 10.0. The first-order valence-electron chi connectivity index (χ1n) is 9.04. The van der Waals surface area contributed by atoms with E-state index in [2.05, 4.69) is 5.32 Å². The molecule has 0 bridgehead atoms. The number of nitro benzene ring substituents is 1. The van der Waals surface area contributed by atoms with Crippen LogP contribution >= 0.6 is 0 Å². The van der Waals surface area contributed by atoms with Crippen molar-refractivity contribution in [1.29, 1.82) is 0 Å². The van der Waals surface area contributed by atoms with Gasteiger partial charge in [-0.05, 0) is 22.9 Å². The van der Waals surface area contributed by atoms with Crippen molar-refractivity contribution in [3.8, 4) is 0 Å². The molecule has 7 heteroatoms. The lowest BCUT2D eigenvalue weighted by Gasteiger charge is -2.30. The minimum absolute atomic E-state index is 0.00958. The number of nitrogens with zero attached hydrogens (tertiary/aromatic N) is 2. The van der Waals surface area contributed by atoms with Crippen LogP contribution in [0.15, 0.2) is 60.7 Å². The Bertz CT molecular complexity index is 1040. The van der Waals surface area contributed by atoms with Crippen LogP contribution in [0, 0.1) is 10.1 Å². The number of nitrogens with one attached hydrogen (secondary N) is 1. The molecule has 0 aliphatic carbocycles. The van der Waals surface area contributed by atoms with E-state index in [1.165, 1.54) is 12.1 Å². The van der Waals surface area contributed by atoms with Crippen molar-refractivity contribution in [1.82, 2.24) is 0 Å². The van der Waals surface area contributed by atoms with Gasteiger partial charge >= 0.3 is 0 Å². The van der Waals surface area contributed by atoms with E-state index < -0.39 is 4.92 Å². The molecule has 0 spiro atoms. The van der Waals surface area contributed by atoms with Gasteiger partial charge in [-0.25, -0.2) is 0 Å². The number of hydrogen-bond acceptors (Lipinski definition) is 5. The van der Waals surface area contributed by atoms with E-state index in [9.17, 15) is 14.9 Å². The summed E-state index contributed by atoms with van der Waals surface area (Å²) < 4.78 is 5.37. The number of ether oxygens (including phenoxy) is 1. The highest BCUT2D eigenvalue weighted by molar-refractivity contribution is 6.13. The first-order valence-corrected chi connectivity index (χ1v) is 9.04. The Hall–Kier alpha value is -3.45. The summed E-state index contributed by atoms with van der Waals surface area (Å²) in [5.41, 5.74) is 1.73. The van der Waals surface area contributed by atoms with E-state index in [0.29, 0.717) is 43.2 Å². The highest BCUT2D eigenvalue weighted by atomic mass is 16.6. The summed E-state index contributed by atoms with van der Waals surface area (Å²) in [6.07, 6.45) is 0. The van der Waals surface area contributed by atoms with Gasteiger partial charge in [0.05, 0.1) is 29.5 Å². The number of nitro groups is 1. The summed E-state index contributed by atoms with van der Waals surface area (Å²) in [5, 5.41) is 16.0. The molecule has 0 atom stereocenters. The van der Waals surface area contributed by atoms with Crippen LogP contribution in [0.2, 0.25) is 0 Å². The summed E-state index contributed by atoms with van der Waals surface area (Å²) >= 11 is 0. The molecule has 1 aliphatic rings. The Kier molecular flexibility index (Phi) is 4.90. The second-order valence-corrected chi connectivity index (χ2v) is 6.54. The molecule has 142 valence electrons. The molecule has 4 rings (SSSR count). The molecule has 1 N–H and O–H groups in total. The Morgan fingerprint density at radius 2 is 1.79 bits per heavy atom. The number of rotatable bonds is 4. The van der Waals surface area contributed by atoms with Gasteiger partial charge in [0.1, 0.15) is 0 Å². The topological polar surface area (TPSA) is 84.7 Å². The van der Waals surface area contributed by atoms with E-state index in [1.807, 2.05) is 41.3 Å². The molecule has 3 aromatic carbocycles. The van der Waals surface area contributed by atoms with Gasteiger partial charge in [0, 0.05) is 30.8 Å². The van der Waals surface area contributed by atoms with Gasteiger partial charge < -0.3 is 15.0 Å². The van der Waals surface area contributed by atoms with Crippen molar-refractivity contribution < 1.29 is 14.5 Å². The number of morpholine rings is 1. The van der Waals surface area contributed by atoms with E-state index in [0.717, 1.165) is 10.8 Å². The van der Waals surface area contributed by atoms with Crippen LogP contribution in [-0.2, 0) is 4.74 Å². The molecule has 0 saturated carbocycles. The molecule has 7 nitrogen and oxygen atoms in total. The molecule has 0 radical (unpaired) electrons. The number of non-ortho nitro benzene ring substituents is 1. The van der Waals surface area contributed by atoms with Gasteiger partial charge in [-0.3, -0.25) is 14.9 Å². The number of carbonyl (C=O) groups excluding carboxylic acids is 1. The summed E-state index contributed by atoms with van der Waals surface area (Å²) in [6.45, 7) is 2.30. The maximum atomic E-state index is 13.0. The molecule has 28 heavy (non-hydrogen) atoms. The molecule has 0 aromatic heterocycles. The zero-order valence-electron chi connectivity index (χ0n) is 15.1. The van der Waals surface area contributed by atoms with Gasteiger partial charge in [-0.1, -0.05) is 36.4 Å². The summed E-state index contributed by atoms with van der Waals surface area (Å²) in [4.78, 5) is 25.8. The van der Waals surface area contributed by atoms with Crippen molar-refractivity contribution in [3.63, 3.8) is 0 Å². The van der Waals surface area contributed by atoms with Crippen LogP contribution in [0.4, 0.5) is 17.1 Å². The number of fused-ring (bicyclic) bond motifs is 1. The predicted molar refractivity (Wildman–Crippen MR) is 108 cm³/mol. The number of amides is 1. The maximum absolute atomic E-state index is 13.0. The third-order valence-electron chi connectivity index (χ3n) is 4.83. The van der Waals surface area contributed by atoms with Gasteiger partial charge in [-0.2, -0.15) is 0 Å². The van der Waals surface area contributed by atoms with Crippen LogP contribution in [0.25, 0.3) is 10.8 Å². The molecule has 1 fully saturated rings. The Labute approximate surface area is 161 Å². The lowest BCUT2D eigenvalue weighted by Crippen LogP contribution is -2.36. The van der Waals surface area contributed by atoms with Crippen LogP contribution in [0.3, 0.4) is 0 Å². The Morgan fingerprint density at radius 1 is 1.04 bits per heavy atom. The van der Waals surface area contributed by atoms with Gasteiger partial charge in [0.25, 0.3) is 11.6 Å². The zero-order valence-corrected chi connectivity index (χ0v) is 15.1. The lowest BCUT2D eigenvalue weighted by molar-refractivity contribution is -0.384. The number of carbonyl (C=O) groups is 1. The molecular weight excluding hydrogens is 358 g/mol. The first-order chi connectivity index (χ1) is 13.6. The average Bonchev–Trinajstić information content (AvgIpc) is 2.74. The van der Waals surface area contributed by atoms with Crippen LogP contribution in [0.5, 0.6) is 0 Å². The maximum Gasteiger partial charge on any atom is 0.271 e. The SMILES string of the molecule is O=C(Nc1ccc([N+](=O)[O-])cc1N1CCOCC1)c1cccc2ccccc12. The Morgan fingerprint density at radius 3 is 2.57 bits per heavy atom. The smallest absolute Gasteiger partial charge is 0.271 e.